The molecule has 1 aromatic rings. The SMILES string of the molecule is CCC(C(C)=O)c1ccc(Br)cc1. The molecule has 1 atom stereocenters. The molecule has 1 unspecified atom stereocenters. The van der Waals surface area contributed by atoms with Crippen molar-refractivity contribution in [2.75, 3.05) is 0 Å². The highest BCUT2D eigenvalue weighted by molar-refractivity contribution is 9.10. The molecular formula is C11H13BrO. The van der Waals surface area contributed by atoms with Gasteiger partial charge in [-0.1, -0.05) is 35.0 Å². The smallest absolute Gasteiger partial charge is 0.137 e. The lowest BCUT2D eigenvalue weighted by Gasteiger charge is -2.10. The van der Waals surface area contributed by atoms with Crippen LogP contribution in [-0.4, -0.2) is 5.78 Å². The first kappa shape index (κ1) is 10.5. The van der Waals surface area contributed by atoms with Crippen LogP contribution in [0.2, 0.25) is 0 Å². The molecule has 0 aliphatic rings. The molecule has 70 valence electrons. The summed E-state index contributed by atoms with van der Waals surface area (Å²) in [4.78, 5) is 11.2. The van der Waals surface area contributed by atoms with E-state index in [2.05, 4.69) is 15.9 Å². The quantitative estimate of drug-likeness (QED) is 0.791. The summed E-state index contributed by atoms with van der Waals surface area (Å²) in [5.74, 6) is 0.304. The fraction of sp³-hybridized carbons (Fsp3) is 0.364. The minimum Gasteiger partial charge on any atom is -0.299 e. The van der Waals surface area contributed by atoms with Crippen LogP contribution in [-0.2, 0) is 4.79 Å². The number of hydrogen-bond acceptors (Lipinski definition) is 1. The average molecular weight is 241 g/mol. The Hall–Kier alpha value is -0.630. The van der Waals surface area contributed by atoms with Gasteiger partial charge in [0.25, 0.3) is 0 Å². The topological polar surface area (TPSA) is 17.1 Å². The van der Waals surface area contributed by atoms with Gasteiger partial charge in [0.2, 0.25) is 0 Å². The number of hydrogen-bond donors (Lipinski definition) is 0. The highest BCUT2D eigenvalue weighted by Gasteiger charge is 2.13. The number of carbonyl (C=O) groups excluding carboxylic acids is 1. The number of halogens is 1. The van der Waals surface area contributed by atoms with Crippen LogP contribution in [0.3, 0.4) is 0 Å². The summed E-state index contributed by atoms with van der Waals surface area (Å²) in [5.41, 5.74) is 1.11. The van der Waals surface area contributed by atoms with Crippen LogP contribution in [0.4, 0.5) is 0 Å². The number of rotatable bonds is 3. The molecule has 0 N–H and O–H groups in total. The first-order valence-electron chi connectivity index (χ1n) is 4.41. The van der Waals surface area contributed by atoms with E-state index >= 15 is 0 Å². The van der Waals surface area contributed by atoms with Gasteiger partial charge in [-0.3, -0.25) is 4.79 Å². The summed E-state index contributed by atoms with van der Waals surface area (Å²) in [6.07, 6.45) is 0.872. The summed E-state index contributed by atoms with van der Waals surface area (Å²) in [6.45, 7) is 3.68. The average Bonchev–Trinajstić information content (AvgIpc) is 2.09. The summed E-state index contributed by atoms with van der Waals surface area (Å²) < 4.78 is 1.05. The molecular weight excluding hydrogens is 228 g/mol. The third kappa shape index (κ3) is 2.66. The van der Waals surface area contributed by atoms with Gasteiger partial charge in [0.1, 0.15) is 5.78 Å². The van der Waals surface area contributed by atoms with Crippen LogP contribution in [0.5, 0.6) is 0 Å². The molecule has 0 bridgehead atoms. The Balaban J connectivity index is 2.92. The van der Waals surface area contributed by atoms with Crippen molar-refractivity contribution < 1.29 is 4.79 Å². The number of ketones is 1. The van der Waals surface area contributed by atoms with Gasteiger partial charge in [-0.2, -0.15) is 0 Å². The Bertz CT molecular complexity index is 289. The molecule has 0 radical (unpaired) electrons. The Labute approximate surface area is 87.3 Å². The van der Waals surface area contributed by atoms with E-state index in [4.69, 9.17) is 0 Å². The Kier molecular flexibility index (Phi) is 3.67. The number of benzene rings is 1. The molecule has 1 nitrogen and oxygen atoms in total. The third-order valence-corrected chi connectivity index (χ3v) is 2.70. The minimum absolute atomic E-state index is 0.0631. The van der Waals surface area contributed by atoms with Crippen LogP contribution in [0.15, 0.2) is 28.7 Å². The van der Waals surface area contributed by atoms with Gasteiger partial charge in [-0.15, -0.1) is 0 Å². The molecule has 0 fully saturated rings. The van der Waals surface area contributed by atoms with E-state index in [1.54, 1.807) is 6.92 Å². The van der Waals surface area contributed by atoms with Crippen LogP contribution in [0.1, 0.15) is 31.7 Å². The standard InChI is InChI=1S/C11H13BrO/c1-3-11(8(2)13)9-4-6-10(12)7-5-9/h4-7,11H,3H2,1-2H3. The summed E-state index contributed by atoms with van der Waals surface area (Å²) in [6, 6.07) is 7.95. The molecule has 13 heavy (non-hydrogen) atoms. The lowest BCUT2D eigenvalue weighted by molar-refractivity contribution is -0.118. The second kappa shape index (κ2) is 4.56. The van der Waals surface area contributed by atoms with E-state index in [0.29, 0.717) is 0 Å². The second-order valence-electron chi connectivity index (χ2n) is 3.12. The van der Waals surface area contributed by atoms with E-state index in [9.17, 15) is 4.79 Å². The maximum absolute atomic E-state index is 11.2. The summed E-state index contributed by atoms with van der Waals surface area (Å²) in [7, 11) is 0. The molecule has 1 aromatic carbocycles. The zero-order chi connectivity index (χ0) is 9.84. The Morgan fingerprint density at radius 1 is 1.38 bits per heavy atom. The molecule has 0 saturated carbocycles. The molecule has 0 amide bonds. The second-order valence-corrected chi connectivity index (χ2v) is 4.04. The van der Waals surface area contributed by atoms with Crippen molar-refractivity contribution in [2.45, 2.75) is 26.2 Å². The largest absolute Gasteiger partial charge is 0.299 e. The lowest BCUT2D eigenvalue weighted by atomic mass is 9.93. The lowest BCUT2D eigenvalue weighted by Crippen LogP contribution is -2.07. The van der Waals surface area contributed by atoms with Crippen molar-refractivity contribution in [1.82, 2.24) is 0 Å². The first-order chi connectivity index (χ1) is 6.15. The number of carbonyl (C=O) groups is 1. The maximum atomic E-state index is 11.2. The molecule has 2 heteroatoms. The zero-order valence-corrected chi connectivity index (χ0v) is 9.47. The molecule has 1 rings (SSSR count). The molecule has 0 heterocycles. The predicted octanol–water partition coefficient (Wildman–Crippen LogP) is 3.53. The molecule has 0 aliphatic heterocycles. The number of Topliss-reactive ketones (excluding diaryl/α,β-unsaturated/α-hetero) is 1. The van der Waals surface area contributed by atoms with Gasteiger partial charge in [0, 0.05) is 10.4 Å². The van der Waals surface area contributed by atoms with Crippen LogP contribution >= 0.6 is 15.9 Å². The van der Waals surface area contributed by atoms with E-state index < -0.39 is 0 Å². The van der Waals surface area contributed by atoms with Gasteiger partial charge < -0.3 is 0 Å². The third-order valence-electron chi connectivity index (χ3n) is 2.17. The highest BCUT2D eigenvalue weighted by Crippen LogP contribution is 2.22. The van der Waals surface area contributed by atoms with Crippen molar-refractivity contribution in [1.29, 1.82) is 0 Å². The van der Waals surface area contributed by atoms with Crippen molar-refractivity contribution in [2.24, 2.45) is 0 Å². The fourth-order valence-electron chi connectivity index (χ4n) is 1.45. The first-order valence-corrected chi connectivity index (χ1v) is 5.20. The molecule has 0 spiro atoms. The van der Waals surface area contributed by atoms with E-state index in [0.717, 1.165) is 16.5 Å². The summed E-state index contributed by atoms with van der Waals surface area (Å²) in [5, 5.41) is 0. The fourth-order valence-corrected chi connectivity index (χ4v) is 1.72. The maximum Gasteiger partial charge on any atom is 0.137 e. The monoisotopic (exact) mass is 240 g/mol. The van der Waals surface area contributed by atoms with Crippen LogP contribution < -0.4 is 0 Å². The molecule has 0 saturated heterocycles. The Morgan fingerprint density at radius 2 is 1.92 bits per heavy atom. The summed E-state index contributed by atoms with van der Waals surface area (Å²) >= 11 is 3.37. The van der Waals surface area contributed by atoms with Gasteiger partial charge in [-0.25, -0.2) is 0 Å². The van der Waals surface area contributed by atoms with E-state index in [-0.39, 0.29) is 11.7 Å². The van der Waals surface area contributed by atoms with Gasteiger partial charge in [-0.05, 0) is 31.0 Å². The zero-order valence-electron chi connectivity index (χ0n) is 7.88. The van der Waals surface area contributed by atoms with E-state index in [1.807, 2.05) is 31.2 Å². The van der Waals surface area contributed by atoms with Crippen molar-refractivity contribution >= 4 is 21.7 Å². The molecule has 0 aromatic heterocycles. The minimum atomic E-state index is 0.0631. The predicted molar refractivity (Wildman–Crippen MR) is 57.9 cm³/mol. The van der Waals surface area contributed by atoms with Crippen molar-refractivity contribution in [3.05, 3.63) is 34.3 Å². The van der Waals surface area contributed by atoms with Gasteiger partial charge in [0.15, 0.2) is 0 Å². The van der Waals surface area contributed by atoms with Gasteiger partial charge in [0.05, 0.1) is 0 Å². The van der Waals surface area contributed by atoms with Crippen LogP contribution in [0.25, 0.3) is 0 Å². The normalized spacial score (nSPS) is 12.5. The van der Waals surface area contributed by atoms with E-state index in [1.165, 1.54) is 0 Å². The van der Waals surface area contributed by atoms with Crippen molar-refractivity contribution in [3.63, 3.8) is 0 Å². The van der Waals surface area contributed by atoms with Crippen molar-refractivity contribution in [3.8, 4) is 0 Å². The highest BCUT2D eigenvalue weighted by atomic mass is 79.9. The molecule has 0 aliphatic carbocycles. The van der Waals surface area contributed by atoms with Crippen LogP contribution in [0, 0.1) is 0 Å². The Morgan fingerprint density at radius 3 is 2.31 bits per heavy atom. The van der Waals surface area contributed by atoms with Gasteiger partial charge >= 0.3 is 0 Å².